The smallest absolute Gasteiger partial charge is 0.337 e. The van der Waals surface area contributed by atoms with Crippen LogP contribution < -0.4 is 0 Å². The van der Waals surface area contributed by atoms with E-state index in [0.717, 1.165) is 6.07 Å². The molecule has 0 aliphatic heterocycles. The van der Waals surface area contributed by atoms with E-state index in [9.17, 15) is 39.6 Å². The summed E-state index contributed by atoms with van der Waals surface area (Å²) in [6.07, 6.45) is 2.68. The van der Waals surface area contributed by atoms with E-state index in [4.69, 9.17) is 0 Å². The highest BCUT2D eigenvalue weighted by Gasteiger charge is 2.31. The molecule has 0 aromatic heterocycles. The van der Waals surface area contributed by atoms with Crippen molar-refractivity contribution in [3.63, 3.8) is 0 Å². The molecule has 26 heavy (non-hydrogen) atoms. The summed E-state index contributed by atoms with van der Waals surface area (Å²) >= 11 is 0. The van der Waals surface area contributed by atoms with E-state index in [0.29, 0.717) is 5.56 Å². The van der Waals surface area contributed by atoms with Gasteiger partial charge in [0.1, 0.15) is 0 Å². The first-order valence-electron chi connectivity index (χ1n) is 7.11. The molecule has 8 nitrogen and oxygen atoms in total. The van der Waals surface area contributed by atoms with Crippen LogP contribution in [0.2, 0.25) is 0 Å². The number of rotatable bonds is 6. The molecule has 0 aliphatic rings. The fraction of sp³-hybridized carbons (Fsp3) is 0. The van der Waals surface area contributed by atoms with Crippen LogP contribution >= 0.6 is 0 Å². The maximum absolute atomic E-state index is 11.6. The molecule has 2 aromatic rings. The summed E-state index contributed by atoms with van der Waals surface area (Å²) in [5.41, 5.74) is -3.36. The van der Waals surface area contributed by atoms with E-state index in [1.54, 1.807) is 30.3 Å². The monoisotopic (exact) mass is 356 g/mol. The van der Waals surface area contributed by atoms with Gasteiger partial charge in [0.15, 0.2) is 0 Å². The molecule has 0 radical (unpaired) electrons. The van der Waals surface area contributed by atoms with Gasteiger partial charge in [0.05, 0.1) is 22.3 Å². The topological polar surface area (TPSA) is 149 Å². The van der Waals surface area contributed by atoms with Gasteiger partial charge in [0, 0.05) is 0 Å². The number of carbonyl (C=O) groups is 4. The standard InChI is InChI=1S/C18H12O8/c19-15(20)11-8-10(7-6-9-4-2-1-3-5-9)12(16(21)22)14(18(25)26)13(11)17(23)24/h1-8H,(H,19,20)(H,21,22)(H,23,24)(H,25,26)/b7-6-. The van der Waals surface area contributed by atoms with Crippen LogP contribution in [0.15, 0.2) is 36.4 Å². The van der Waals surface area contributed by atoms with Crippen molar-refractivity contribution in [2.45, 2.75) is 0 Å². The normalized spacial score (nSPS) is 10.6. The quantitative estimate of drug-likeness (QED) is 0.577. The van der Waals surface area contributed by atoms with Crippen molar-refractivity contribution >= 4 is 36.0 Å². The number of carboxylic acid groups (broad SMARTS) is 4. The number of hydrogen-bond acceptors (Lipinski definition) is 4. The lowest BCUT2D eigenvalue weighted by atomic mass is 9.90. The Morgan fingerprint density at radius 3 is 1.65 bits per heavy atom. The summed E-state index contributed by atoms with van der Waals surface area (Å²) in [5, 5.41) is 37.2. The molecule has 0 fully saturated rings. The molecule has 132 valence electrons. The Hall–Kier alpha value is -3.94. The van der Waals surface area contributed by atoms with Gasteiger partial charge in [-0.3, -0.25) is 0 Å². The molecule has 4 N–H and O–H groups in total. The second kappa shape index (κ2) is 7.31. The van der Waals surface area contributed by atoms with Crippen LogP contribution in [-0.4, -0.2) is 44.3 Å². The third-order valence-corrected chi connectivity index (χ3v) is 3.48. The van der Waals surface area contributed by atoms with Crippen LogP contribution in [0.25, 0.3) is 12.2 Å². The summed E-state index contributed by atoms with van der Waals surface area (Å²) < 4.78 is 0. The predicted octanol–water partition coefficient (Wildman–Crippen LogP) is 2.65. The minimum Gasteiger partial charge on any atom is -0.478 e. The lowest BCUT2D eigenvalue weighted by molar-refractivity contribution is 0.0619. The van der Waals surface area contributed by atoms with E-state index < -0.39 is 46.1 Å². The highest BCUT2D eigenvalue weighted by Crippen LogP contribution is 2.26. The molecule has 0 spiro atoms. The van der Waals surface area contributed by atoms with Gasteiger partial charge in [-0.05, 0) is 17.2 Å². The Balaban J connectivity index is 2.85. The fourth-order valence-electron chi connectivity index (χ4n) is 2.42. The molecule has 0 amide bonds. The van der Waals surface area contributed by atoms with Gasteiger partial charge in [-0.2, -0.15) is 0 Å². The van der Waals surface area contributed by atoms with Gasteiger partial charge in [-0.25, -0.2) is 19.2 Å². The van der Waals surface area contributed by atoms with E-state index in [2.05, 4.69) is 0 Å². The average molecular weight is 356 g/mol. The Kier molecular flexibility index (Phi) is 5.17. The highest BCUT2D eigenvalue weighted by atomic mass is 16.4. The zero-order valence-corrected chi connectivity index (χ0v) is 13.0. The molecule has 0 atom stereocenters. The van der Waals surface area contributed by atoms with Crippen molar-refractivity contribution in [3.8, 4) is 0 Å². The zero-order valence-electron chi connectivity index (χ0n) is 13.0. The van der Waals surface area contributed by atoms with Gasteiger partial charge in [0.25, 0.3) is 0 Å². The maximum atomic E-state index is 11.6. The van der Waals surface area contributed by atoms with E-state index in [-0.39, 0.29) is 5.56 Å². The second-order valence-corrected chi connectivity index (χ2v) is 5.10. The summed E-state index contributed by atoms with van der Waals surface area (Å²) in [6.45, 7) is 0. The van der Waals surface area contributed by atoms with Crippen LogP contribution in [0.3, 0.4) is 0 Å². The number of carboxylic acids is 4. The molecular weight excluding hydrogens is 344 g/mol. The number of hydrogen-bond donors (Lipinski definition) is 4. The minimum atomic E-state index is -1.85. The van der Waals surface area contributed by atoms with Crippen molar-refractivity contribution in [1.82, 2.24) is 0 Å². The third kappa shape index (κ3) is 3.59. The summed E-state index contributed by atoms with van der Waals surface area (Å²) in [4.78, 5) is 45.8. The average Bonchev–Trinajstić information content (AvgIpc) is 2.58. The van der Waals surface area contributed by atoms with Crippen LogP contribution in [0.5, 0.6) is 0 Å². The van der Waals surface area contributed by atoms with Crippen LogP contribution in [0.4, 0.5) is 0 Å². The molecule has 8 heteroatoms. The molecule has 0 aliphatic carbocycles. The zero-order chi connectivity index (χ0) is 19.4. The Bertz CT molecular complexity index is 941. The van der Waals surface area contributed by atoms with Crippen LogP contribution in [-0.2, 0) is 0 Å². The first-order chi connectivity index (χ1) is 12.2. The molecule has 0 unspecified atom stereocenters. The van der Waals surface area contributed by atoms with Crippen LogP contribution in [0.1, 0.15) is 52.6 Å². The van der Waals surface area contributed by atoms with Gasteiger partial charge < -0.3 is 20.4 Å². The van der Waals surface area contributed by atoms with Crippen molar-refractivity contribution in [2.24, 2.45) is 0 Å². The molecule has 0 saturated heterocycles. The highest BCUT2D eigenvalue weighted by molar-refractivity contribution is 6.15. The van der Waals surface area contributed by atoms with Gasteiger partial charge in [-0.15, -0.1) is 0 Å². The Morgan fingerprint density at radius 1 is 0.654 bits per heavy atom. The van der Waals surface area contributed by atoms with Gasteiger partial charge >= 0.3 is 23.9 Å². The van der Waals surface area contributed by atoms with E-state index in [1.165, 1.54) is 12.2 Å². The molecular formula is C18H12O8. The molecule has 0 bridgehead atoms. The van der Waals surface area contributed by atoms with Gasteiger partial charge in [-0.1, -0.05) is 42.5 Å². The first-order valence-corrected chi connectivity index (χ1v) is 7.11. The van der Waals surface area contributed by atoms with E-state index >= 15 is 0 Å². The molecule has 2 rings (SSSR count). The lowest BCUT2D eigenvalue weighted by Gasteiger charge is -2.12. The lowest BCUT2D eigenvalue weighted by Crippen LogP contribution is -2.20. The van der Waals surface area contributed by atoms with Crippen molar-refractivity contribution in [1.29, 1.82) is 0 Å². The van der Waals surface area contributed by atoms with Gasteiger partial charge in [0.2, 0.25) is 0 Å². The summed E-state index contributed by atoms with van der Waals surface area (Å²) in [6, 6.07) is 9.42. The Morgan fingerprint density at radius 2 is 1.19 bits per heavy atom. The first kappa shape index (κ1) is 18.4. The largest absolute Gasteiger partial charge is 0.478 e. The third-order valence-electron chi connectivity index (χ3n) is 3.48. The van der Waals surface area contributed by atoms with E-state index in [1.807, 2.05) is 0 Å². The van der Waals surface area contributed by atoms with Crippen molar-refractivity contribution in [3.05, 3.63) is 69.8 Å². The number of benzene rings is 2. The van der Waals surface area contributed by atoms with Crippen molar-refractivity contribution in [2.75, 3.05) is 0 Å². The minimum absolute atomic E-state index is 0.235. The SMILES string of the molecule is O=C(O)c1cc(/C=C\c2ccccc2)c(C(=O)O)c(C(=O)O)c1C(=O)O. The predicted molar refractivity (Wildman–Crippen MR) is 89.6 cm³/mol. The summed E-state index contributed by atoms with van der Waals surface area (Å²) in [5.74, 6) is -7.07. The molecule has 0 heterocycles. The summed E-state index contributed by atoms with van der Waals surface area (Å²) in [7, 11) is 0. The molecule has 2 aromatic carbocycles. The van der Waals surface area contributed by atoms with Crippen LogP contribution in [0, 0.1) is 0 Å². The maximum Gasteiger partial charge on any atom is 0.337 e. The number of aromatic carboxylic acids is 4. The second-order valence-electron chi connectivity index (χ2n) is 5.10. The van der Waals surface area contributed by atoms with Crippen molar-refractivity contribution < 1.29 is 39.6 Å². The Labute approximate surface area is 146 Å². The molecule has 0 saturated carbocycles. The fourth-order valence-corrected chi connectivity index (χ4v) is 2.42.